The maximum Gasteiger partial charge on any atom is 0.197 e. The first-order chi connectivity index (χ1) is 33.7. The average Bonchev–Trinajstić information content (AvgIpc) is 4.13. The SMILES string of the molecule is [C-]#[N+]c1cc(-n2c3ccccc3c3ccccc32)c(-n2c3ccccc3c3ccccc32)cc1-c1cc(C2c3ccccc3-c3ccccc32)c(-n2c3ccccc3c3ccccc32)cc1C#N. The fraction of sp³-hybridized carbons (Fsp3) is 0.0159. The Morgan fingerprint density at radius 3 is 1.10 bits per heavy atom. The molecule has 0 atom stereocenters. The zero-order valence-corrected chi connectivity index (χ0v) is 36.6. The van der Waals surface area contributed by atoms with Gasteiger partial charge in [0.1, 0.15) is 0 Å². The Hall–Kier alpha value is -9.42. The Kier molecular flexibility index (Phi) is 8.11. The molecule has 10 aromatic carbocycles. The Morgan fingerprint density at radius 1 is 0.353 bits per heavy atom. The Balaban J connectivity index is 1.13. The van der Waals surface area contributed by atoms with Crippen LogP contribution >= 0.6 is 0 Å². The van der Waals surface area contributed by atoms with Crippen LogP contribution in [0.1, 0.15) is 28.2 Å². The molecule has 5 nitrogen and oxygen atoms in total. The molecule has 14 rings (SSSR count). The van der Waals surface area contributed by atoms with Gasteiger partial charge in [-0.1, -0.05) is 158 Å². The molecule has 68 heavy (non-hydrogen) atoms. The van der Waals surface area contributed by atoms with Gasteiger partial charge >= 0.3 is 0 Å². The summed E-state index contributed by atoms with van der Waals surface area (Å²) in [4.78, 5) is 4.37. The van der Waals surface area contributed by atoms with E-state index in [1.807, 2.05) is 0 Å². The minimum absolute atomic E-state index is 0.158. The molecule has 0 spiro atoms. The molecule has 0 amide bonds. The lowest BCUT2D eigenvalue weighted by Gasteiger charge is -2.24. The van der Waals surface area contributed by atoms with Gasteiger partial charge in [0.2, 0.25) is 0 Å². The number of aromatic nitrogens is 3. The first-order valence-electron chi connectivity index (χ1n) is 23.0. The molecule has 0 unspecified atom stereocenters. The Morgan fingerprint density at radius 2 is 0.706 bits per heavy atom. The highest BCUT2D eigenvalue weighted by molar-refractivity contribution is 6.13. The first-order valence-corrected chi connectivity index (χ1v) is 23.0. The van der Waals surface area contributed by atoms with Gasteiger partial charge in [-0.25, -0.2) is 4.85 Å². The molecule has 0 aliphatic heterocycles. The van der Waals surface area contributed by atoms with Gasteiger partial charge in [-0.05, 0) is 99.6 Å². The maximum absolute atomic E-state index is 11.5. The highest BCUT2D eigenvalue weighted by atomic mass is 15.1. The number of fused-ring (bicyclic) bond motifs is 12. The third kappa shape index (κ3) is 5.24. The van der Waals surface area contributed by atoms with E-state index < -0.39 is 0 Å². The average molecular weight is 864 g/mol. The highest BCUT2D eigenvalue weighted by Crippen LogP contribution is 2.52. The number of benzene rings is 10. The van der Waals surface area contributed by atoms with Crippen molar-refractivity contribution in [3.63, 3.8) is 0 Å². The molecular formula is C63H37N5. The predicted octanol–water partition coefficient (Wildman–Crippen LogP) is 16.2. The molecule has 5 heteroatoms. The van der Waals surface area contributed by atoms with Gasteiger partial charge in [0.15, 0.2) is 5.69 Å². The summed E-state index contributed by atoms with van der Waals surface area (Å²) < 4.78 is 7.01. The van der Waals surface area contributed by atoms with Gasteiger partial charge < -0.3 is 13.7 Å². The number of para-hydroxylation sites is 6. The molecular weight excluding hydrogens is 827 g/mol. The van der Waals surface area contributed by atoms with E-state index in [9.17, 15) is 5.26 Å². The van der Waals surface area contributed by atoms with Crippen LogP contribution < -0.4 is 0 Å². The number of rotatable bonds is 5. The van der Waals surface area contributed by atoms with Crippen LogP contribution in [0.3, 0.4) is 0 Å². The van der Waals surface area contributed by atoms with E-state index in [1.54, 1.807) is 0 Å². The van der Waals surface area contributed by atoms with Crippen LogP contribution in [0.4, 0.5) is 5.69 Å². The molecule has 0 bridgehead atoms. The molecule has 0 N–H and O–H groups in total. The summed E-state index contributed by atoms with van der Waals surface area (Å²) in [6.45, 7) is 8.99. The van der Waals surface area contributed by atoms with Gasteiger partial charge in [-0.3, -0.25) is 0 Å². The van der Waals surface area contributed by atoms with E-state index in [0.29, 0.717) is 16.8 Å². The quantitative estimate of drug-likeness (QED) is 0.159. The van der Waals surface area contributed by atoms with Crippen molar-refractivity contribution in [3.05, 3.63) is 252 Å². The van der Waals surface area contributed by atoms with Crippen LogP contribution in [0, 0.1) is 17.9 Å². The van der Waals surface area contributed by atoms with Crippen molar-refractivity contribution >= 4 is 71.1 Å². The maximum atomic E-state index is 11.5. The molecule has 0 fully saturated rings. The summed E-state index contributed by atoms with van der Waals surface area (Å²) >= 11 is 0. The van der Waals surface area contributed by atoms with Crippen molar-refractivity contribution in [2.45, 2.75) is 5.92 Å². The zero-order valence-electron chi connectivity index (χ0n) is 36.6. The topological polar surface area (TPSA) is 42.9 Å². The summed E-state index contributed by atoms with van der Waals surface area (Å²) in [6.07, 6.45) is 0. The van der Waals surface area contributed by atoms with Crippen LogP contribution in [-0.4, -0.2) is 13.7 Å². The lowest BCUT2D eigenvalue weighted by Crippen LogP contribution is -2.08. The van der Waals surface area contributed by atoms with E-state index >= 15 is 0 Å². The number of hydrogen-bond donors (Lipinski definition) is 0. The number of hydrogen-bond acceptors (Lipinski definition) is 1. The molecule has 1 aliphatic rings. The fourth-order valence-corrected chi connectivity index (χ4v) is 11.6. The standard InChI is InChI=1S/C63H37N5/c1-65-53-37-62(68-58-32-16-10-24-46(58)47-25-11-17-33-59(47)68)61(67-56-30-14-8-22-44(56)45-23-9-15-31-57(45)67)36-51(53)50-35-52(63-48-26-4-2-18-40(48)41-19-3-5-27-49(41)63)60(34-39(50)38-64)66-54-28-12-6-20-42(54)43-21-7-13-29-55(43)66/h2-37,63H. The summed E-state index contributed by atoms with van der Waals surface area (Å²) in [5.41, 5.74) is 17.3. The van der Waals surface area contributed by atoms with E-state index in [2.05, 4.69) is 243 Å². The third-order valence-electron chi connectivity index (χ3n) is 14.4. The smallest absolute Gasteiger partial charge is 0.197 e. The second kappa shape index (κ2) is 14.5. The minimum atomic E-state index is -0.158. The second-order valence-corrected chi connectivity index (χ2v) is 17.8. The van der Waals surface area contributed by atoms with Crippen LogP contribution in [0.2, 0.25) is 0 Å². The third-order valence-corrected chi connectivity index (χ3v) is 14.4. The van der Waals surface area contributed by atoms with Gasteiger partial charge in [-0.2, -0.15) is 5.26 Å². The largest absolute Gasteiger partial charge is 0.309 e. The van der Waals surface area contributed by atoms with Crippen molar-refractivity contribution in [2.75, 3.05) is 0 Å². The van der Waals surface area contributed by atoms with Crippen molar-refractivity contribution in [1.82, 2.24) is 13.7 Å². The lowest BCUT2D eigenvalue weighted by atomic mass is 9.84. The fourth-order valence-electron chi connectivity index (χ4n) is 11.6. The molecule has 13 aromatic rings. The van der Waals surface area contributed by atoms with Crippen LogP contribution in [0.5, 0.6) is 0 Å². The summed E-state index contributed by atoms with van der Waals surface area (Å²) in [7, 11) is 0. The predicted molar refractivity (Wildman–Crippen MR) is 279 cm³/mol. The molecule has 0 radical (unpaired) electrons. The summed E-state index contributed by atoms with van der Waals surface area (Å²) in [5.74, 6) is -0.158. The molecule has 3 aromatic heterocycles. The molecule has 1 aliphatic carbocycles. The number of nitriles is 1. The van der Waals surface area contributed by atoms with Crippen molar-refractivity contribution in [3.8, 4) is 45.4 Å². The lowest BCUT2D eigenvalue weighted by molar-refractivity contribution is 0.982. The monoisotopic (exact) mass is 863 g/mol. The van der Waals surface area contributed by atoms with Gasteiger partial charge in [0.25, 0.3) is 0 Å². The summed E-state index contributed by atoms with van der Waals surface area (Å²) in [6, 6.07) is 79.9. The van der Waals surface area contributed by atoms with E-state index in [1.165, 1.54) is 22.3 Å². The van der Waals surface area contributed by atoms with Crippen molar-refractivity contribution in [2.24, 2.45) is 0 Å². The van der Waals surface area contributed by atoms with Crippen molar-refractivity contribution < 1.29 is 0 Å². The first kappa shape index (κ1) is 37.9. The van der Waals surface area contributed by atoms with E-state index in [4.69, 9.17) is 6.57 Å². The molecule has 3 heterocycles. The highest BCUT2D eigenvalue weighted by Gasteiger charge is 2.33. The number of nitrogens with zero attached hydrogens (tertiary/aromatic N) is 5. The van der Waals surface area contributed by atoms with E-state index in [0.717, 1.165) is 93.6 Å². The van der Waals surface area contributed by atoms with Crippen LogP contribution in [0.25, 0.3) is 110 Å². The second-order valence-electron chi connectivity index (χ2n) is 17.8. The Labute approximate surface area is 391 Å². The van der Waals surface area contributed by atoms with Crippen molar-refractivity contribution in [1.29, 1.82) is 5.26 Å². The Bertz CT molecular complexity index is 4170. The van der Waals surface area contributed by atoms with Gasteiger partial charge in [-0.15, -0.1) is 0 Å². The zero-order chi connectivity index (χ0) is 45.0. The van der Waals surface area contributed by atoms with Crippen LogP contribution in [0.15, 0.2) is 218 Å². The minimum Gasteiger partial charge on any atom is -0.309 e. The van der Waals surface area contributed by atoms with E-state index in [-0.39, 0.29) is 5.92 Å². The summed E-state index contributed by atoms with van der Waals surface area (Å²) in [5, 5.41) is 18.3. The van der Waals surface area contributed by atoms with Gasteiger partial charge in [0.05, 0.1) is 68.4 Å². The van der Waals surface area contributed by atoms with Crippen LogP contribution in [-0.2, 0) is 0 Å². The normalized spacial score (nSPS) is 12.3. The molecule has 0 saturated carbocycles. The molecule has 314 valence electrons. The van der Waals surface area contributed by atoms with Gasteiger partial charge in [0, 0.05) is 38.2 Å². The molecule has 0 saturated heterocycles.